The van der Waals surface area contributed by atoms with Crippen LogP contribution in [0.1, 0.15) is 73.6 Å². The van der Waals surface area contributed by atoms with Crippen molar-refractivity contribution in [3.8, 4) is 33.8 Å². The number of nitrogens with zero attached hydrogens (tertiary/aromatic N) is 4. The molecule has 0 N–H and O–H groups in total. The average Bonchev–Trinajstić information content (AvgIpc) is 3.37. The van der Waals surface area contributed by atoms with E-state index in [4.69, 9.17) is 9.47 Å². The molecule has 0 saturated carbocycles. The Kier molecular flexibility index (Phi) is 15.9. The lowest BCUT2D eigenvalue weighted by molar-refractivity contribution is -0.697. The number of benzene rings is 4. The van der Waals surface area contributed by atoms with Crippen molar-refractivity contribution in [3.05, 3.63) is 240 Å². The van der Waals surface area contributed by atoms with Crippen LogP contribution in [0.15, 0.2) is 207 Å². The summed E-state index contributed by atoms with van der Waals surface area (Å²) in [4.78, 5) is 0. The lowest BCUT2D eigenvalue weighted by Gasteiger charge is -2.19. The molecule has 0 unspecified atom stereocenters. The molecule has 0 radical (unpaired) electrons. The predicted octanol–water partition coefficient (Wildman–Crippen LogP) is 11.1. The Morgan fingerprint density at radius 3 is 0.970 bits per heavy atom. The van der Waals surface area contributed by atoms with E-state index in [1.165, 1.54) is 24.8 Å². The van der Waals surface area contributed by atoms with Gasteiger partial charge < -0.3 is 19.9 Å². The fourth-order valence-corrected chi connectivity index (χ4v) is 8.24. The van der Waals surface area contributed by atoms with Crippen LogP contribution in [0, 0.1) is 10.4 Å². The van der Waals surface area contributed by atoms with Crippen LogP contribution < -0.4 is 28.1 Å². The van der Waals surface area contributed by atoms with E-state index < -0.39 is 0 Å². The number of hydrogen-bond acceptors (Lipinski definition) is 4. The minimum atomic E-state index is 0.684. The minimum absolute atomic E-state index is 0.684. The van der Waals surface area contributed by atoms with Gasteiger partial charge in [-0.3, -0.25) is 0 Å². The number of ether oxygens (including phenoxy) is 2. The highest BCUT2D eigenvalue weighted by Gasteiger charge is 2.17. The Hall–Kier alpha value is -7.58. The zero-order chi connectivity index (χ0) is 45.2. The van der Waals surface area contributed by atoms with Crippen LogP contribution in [0.2, 0.25) is 0 Å². The lowest BCUT2D eigenvalue weighted by atomic mass is 9.86. The summed E-state index contributed by atoms with van der Waals surface area (Å²) in [5.74, 6) is 1.75. The van der Waals surface area contributed by atoms with Gasteiger partial charge in [0.15, 0.2) is 49.6 Å². The highest BCUT2D eigenvalue weighted by molar-refractivity contribution is 6.04. The molecule has 8 heteroatoms. The molecule has 4 aromatic heterocycles. The molecule has 8 aromatic rings. The molecule has 0 amide bonds. The van der Waals surface area contributed by atoms with Gasteiger partial charge in [0, 0.05) is 61.4 Å². The molecule has 8 nitrogen and oxygen atoms in total. The molecule has 0 spiro atoms. The Morgan fingerprint density at radius 2 is 0.621 bits per heavy atom. The third kappa shape index (κ3) is 12.8. The van der Waals surface area contributed by atoms with E-state index in [1.807, 2.05) is 24.3 Å². The van der Waals surface area contributed by atoms with Gasteiger partial charge in [-0.15, -0.1) is 0 Å². The first-order valence-electron chi connectivity index (χ1n) is 23.2. The maximum Gasteiger partial charge on any atom is 0.180 e. The number of unbranched alkanes of at least 4 members (excludes halogenated alkanes) is 6. The van der Waals surface area contributed by atoms with Gasteiger partial charge in [0.1, 0.15) is 24.6 Å². The standard InChI is InChI=1S/C58H58N4O4/c63-61-41-31-49(32-42-61)47-27-37-59(38-28-47)35-11-1-3-13-45-65-55-23-19-53(20-24-55)57(51-15-7-5-8-16-51)58(52-17-9-6-10-18-52)54-21-25-56(26-22-54)66-46-14-4-2-12-36-60-39-29-48(30-40-60)50-33-43-62(64)44-34-50/h5-10,15-34,37-44H,1-4,11-14,35-36,45-46H2/q+2/b58-57+. The van der Waals surface area contributed by atoms with E-state index >= 15 is 0 Å². The molecule has 0 atom stereocenters. The number of hydrogen-bond donors (Lipinski definition) is 0. The highest BCUT2D eigenvalue weighted by atomic mass is 16.5. The quantitative estimate of drug-likeness (QED) is 0.0294. The van der Waals surface area contributed by atoms with Crippen molar-refractivity contribution < 1.29 is 28.1 Å². The maximum atomic E-state index is 11.4. The third-order valence-electron chi connectivity index (χ3n) is 11.9. The van der Waals surface area contributed by atoms with Crippen LogP contribution in [0.4, 0.5) is 0 Å². The summed E-state index contributed by atoms with van der Waals surface area (Å²) in [7, 11) is 0. The first-order chi connectivity index (χ1) is 32.6. The summed E-state index contributed by atoms with van der Waals surface area (Å²) in [6.07, 6.45) is 23.3. The topological polar surface area (TPSA) is 80.1 Å². The first kappa shape index (κ1) is 45.0. The summed E-state index contributed by atoms with van der Waals surface area (Å²) in [5, 5.41) is 22.7. The normalized spacial score (nSPS) is 11.5. The molecule has 0 aliphatic heterocycles. The molecule has 0 fully saturated rings. The summed E-state index contributed by atoms with van der Waals surface area (Å²) in [6, 6.07) is 54.2. The minimum Gasteiger partial charge on any atom is -0.619 e. The Labute approximate surface area is 389 Å². The fourth-order valence-electron chi connectivity index (χ4n) is 8.24. The second kappa shape index (κ2) is 23.4. The van der Waals surface area contributed by atoms with E-state index in [2.05, 4.69) is 167 Å². The Bertz CT molecular complexity index is 2520. The summed E-state index contributed by atoms with van der Waals surface area (Å²) < 4.78 is 18.6. The largest absolute Gasteiger partial charge is 0.619 e. The van der Waals surface area contributed by atoms with Crippen molar-refractivity contribution in [2.24, 2.45) is 0 Å². The molecule has 0 aliphatic rings. The van der Waals surface area contributed by atoms with E-state index in [9.17, 15) is 10.4 Å². The third-order valence-corrected chi connectivity index (χ3v) is 11.9. The van der Waals surface area contributed by atoms with Crippen molar-refractivity contribution in [1.82, 2.24) is 0 Å². The number of aryl methyl sites for hydroxylation is 2. The second-order valence-electron chi connectivity index (χ2n) is 16.6. The second-order valence-corrected chi connectivity index (χ2v) is 16.6. The lowest BCUT2D eigenvalue weighted by Crippen LogP contribution is -2.32. The van der Waals surface area contributed by atoms with Crippen LogP contribution in [-0.4, -0.2) is 13.2 Å². The zero-order valence-corrected chi connectivity index (χ0v) is 37.5. The van der Waals surface area contributed by atoms with E-state index in [0.29, 0.717) is 13.2 Å². The van der Waals surface area contributed by atoms with Crippen molar-refractivity contribution >= 4 is 11.1 Å². The van der Waals surface area contributed by atoms with E-state index in [-0.39, 0.29) is 0 Å². The van der Waals surface area contributed by atoms with Gasteiger partial charge in [0.25, 0.3) is 0 Å². The van der Waals surface area contributed by atoms with Crippen molar-refractivity contribution in [3.63, 3.8) is 0 Å². The smallest absolute Gasteiger partial charge is 0.180 e. The van der Waals surface area contributed by atoms with Gasteiger partial charge in [-0.2, -0.15) is 9.46 Å². The van der Waals surface area contributed by atoms with E-state index in [0.717, 1.165) is 141 Å². The van der Waals surface area contributed by atoms with Crippen molar-refractivity contribution in [2.45, 2.75) is 64.5 Å². The molecule has 4 heterocycles. The monoisotopic (exact) mass is 874 g/mol. The van der Waals surface area contributed by atoms with Crippen molar-refractivity contribution in [2.75, 3.05) is 13.2 Å². The fraction of sp³-hybridized carbons (Fsp3) is 0.207. The average molecular weight is 875 g/mol. The molecule has 332 valence electrons. The molecule has 0 aliphatic carbocycles. The number of pyridine rings is 4. The highest BCUT2D eigenvalue weighted by Crippen LogP contribution is 2.38. The summed E-state index contributed by atoms with van der Waals surface area (Å²) >= 11 is 0. The number of rotatable bonds is 22. The molecule has 66 heavy (non-hydrogen) atoms. The molecular weight excluding hydrogens is 817 g/mol. The molecular formula is C58H58N4O4+2. The Morgan fingerprint density at radius 1 is 0.318 bits per heavy atom. The van der Waals surface area contributed by atoms with Gasteiger partial charge in [0.2, 0.25) is 0 Å². The van der Waals surface area contributed by atoms with Crippen LogP contribution >= 0.6 is 0 Å². The first-order valence-corrected chi connectivity index (χ1v) is 23.2. The molecule has 4 aromatic carbocycles. The Balaban J connectivity index is 0.829. The van der Waals surface area contributed by atoms with Crippen LogP contribution in [0.5, 0.6) is 11.5 Å². The van der Waals surface area contributed by atoms with Crippen LogP contribution in [0.3, 0.4) is 0 Å². The van der Waals surface area contributed by atoms with Gasteiger partial charge in [0.05, 0.1) is 13.2 Å². The summed E-state index contributed by atoms with van der Waals surface area (Å²) in [5.41, 5.74) is 11.2. The van der Waals surface area contributed by atoms with Crippen LogP contribution in [-0.2, 0) is 13.1 Å². The van der Waals surface area contributed by atoms with Gasteiger partial charge >= 0.3 is 0 Å². The predicted molar refractivity (Wildman–Crippen MR) is 261 cm³/mol. The summed E-state index contributed by atoms with van der Waals surface area (Å²) in [6.45, 7) is 3.31. The number of aromatic nitrogens is 4. The zero-order valence-electron chi connectivity index (χ0n) is 37.5. The molecule has 0 bridgehead atoms. The van der Waals surface area contributed by atoms with Crippen molar-refractivity contribution in [1.29, 1.82) is 0 Å². The van der Waals surface area contributed by atoms with Gasteiger partial charge in [-0.05, 0) is 118 Å². The molecule has 0 saturated heterocycles. The van der Waals surface area contributed by atoms with Gasteiger partial charge in [-0.1, -0.05) is 84.9 Å². The van der Waals surface area contributed by atoms with Gasteiger partial charge in [-0.25, -0.2) is 9.13 Å². The SMILES string of the molecule is [O-][n+]1ccc(-c2cc[n+](CCCCCCOc3ccc(/C(=C(\c4ccccc4)c4ccc(OCCCCCC[n+]5ccc(-c6cc[n+]([O-])cc6)cc5)cc4)c4ccccc4)cc3)cc2)cc1. The van der Waals surface area contributed by atoms with Crippen LogP contribution in [0.25, 0.3) is 33.4 Å². The van der Waals surface area contributed by atoms with E-state index in [1.54, 1.807) is 0 Å². The maximum absolute atomic E-state index is 11.4. The molecule has 8 rings (SSSR count).